The molecule has 6 amide bonds. The highest BCUT2D eigenvalue weighted by atomic mass is 35.5. The summed E-state index contributed by atoms with van der Waals surface area (Å²) in [5.74, 6) is -12.0. The van der Waals surface area contributed by atoms with Crippen LogP contribution in [0, 0.1) is 5.92 Å². The number of aliphatic carboxylic acids is 1. The van der Waals surface area contributed by atoms with Gasteiger partial charge in [0.1, 0.15) is 65.1 Å². The molecule has 0 unspecified atom stereocenters. The summed E-state index contributed by atoms with van der Waals surface area (Å²) < 4.78 is 12.4. The first-order chi connectivity index (χ1) is 37.4. The van der Waals surface area contributed by atoms with Gasteiger partial charge in [0.15, 0.2) is 17.5 Å². The van der Waals surface area contributed by atoms with Crippen molar-refractivity contribution >= 4 is 64.6 Å². The number of phenols is 4. The molecule has 16 N–H and O–H groups in total. The number of halogens is 2. The van der Waals surface area contributed by atoms with Crippen LogP contribution in [0.4, 0.5) is 0 Å². The number of aliphatic hydroxyl groups is 2. The van der Waals surface area contributed by atoms with E-state index in [-0.39, 0.29) is 61.0 Å². The zero-order valence-electron chi connectivity index (χ0n) is 42.0. The molecule has 0 saturated heterocycles. The summed E-state index contributed by atoms with van der Waals surface area (Å²) >= 11 is 13.6. The summed E-state index contributed by atoms with van der Waals surface area (Å²) in [5, 5.41) is 97.5. The number of hydrogen-bond acceptors (Lipinski definition) is 17. The van der Waals surface area contributed by atoms with Gasteiger partial charge in [0.05, 0.1) is 28.5 Å². The Morgan fingerprint density at radius 1 is 0.709 bits per heavy atom. The van der Waals surface area contributed by atoms with Gasteiger partial charge < -0.3 is 82.9 Å². The van der Waals surface area contributed by atoms with Crippen LogP contribution in [-0.4, -0.2) is 115 Å². The number of nitrogens with one attached hydrogen (secondary N) is 7. The summed E-state index contributed by atoms with van der Waals surface area (Å²) in [4.78, 5) is 98.2. The Hall–Kier alpha value is -8.39. The highest BCUT2D eigenvalue weighted by Crippen LogP contribution is 2.47. The molecule has 9 atom stereocenters. The molecule has 0 aromatic heterocycles. The summed E-state index contributed by atoms with van der Waals surface area (Å²) in [5.41, 5.74) is 4.31. The largest absolute Gasteiger partial charge is 0.508 e. The minimum absolute atomic E-state index is 0.00213. The number of phenolic OH excluding ortho intramolecular Hbond substituents is 4. The molecule has 24 nitrogen and oxygen atoms in total. The Bertz CT molecular complexity index is 3290. The average molecular weight is 1130 g/mol. The fourth-order valence-corrected chi connectivity index (χ4v) is 9.88. The molecule has 5 aliphatic rings. The van der Waals surface area contributed by atoms with Gasteiger partial charge in [-0.25, -0.2) is 4.79 Å². The van der Waals surface area contributed by atoms with E-state index in [1.54, 1.807) is 0 Å². The Morgan fingerprint density at radius 2 is 1.33 bits per heavy atom. The van der Waals surface area contributed by atoms with Crippen molar-refractivity contribution < 1.29 is 78.8 Å². The standard InChI is InChI=1S/C53H54Cl2N8O16/c1-20(2)10-30(57-3)48(71)62-43-45(68)22-5-8-35(28(54)12-22)78-37-14-24-15-38(47(37)70)79-36-9-6-23(13-29(36)55)46(69)44-52(75)61-42(53(76)77)27-16-25(64)17-34(66)40(27)26-11-21(4-7-33(26)65)41(50(73)63-44)58-19-32(24)60-49(72)31(18-39(56)67)59-51(43)74/h4-9,11-17,20,30-32,41-46,57-58,64-66,68-70H,10,18-19H2,1-3H3,(H2,56,67)(H,59,74)(H,60,72)(H,61,75)(H,62,71)(H,63,73)(H,76,77)/t30-,31+,32+,41-,42+,43-,44+,45-,46-/m1/s1. The number of likely N-dealkylation sites (N-methyl/N-ethyl adjacent to an activating group) is 1. The van der Waals surface area contributed by atoms with E-state index in [0.29, 0.717) is 6.42 Å². The van der Waals surface area contributed by atoms with E-state index in [0.717, 1.165) is 24.3 Å². The van der Waals surface area contributed by atoms with E-state index in [9.17, 15) is 69.3 Å². The van der Waals surface area contributed by atoms with Gasteiger partial charge in [-0.3, -0.25) is 34.1 Å². The molecule has 0 radical (unpaired) electrons. The van der Waals surface area contributed by atoms with Crippen LogP contribution in [0.1, 0.15) is 84.8 Å². The number of primary amides is 1. The second-order valence-electron chi connectivity index (χ2n) is 19.4. The third-order valence-electron chi connectivity index (χ3n) is 13.4. The predicted molar refractivity (Wildman–Crippen MR) is 280 cm³/mol. The van der Waals surface area contributed by atoms with E-state index < -0.39 is 149 Å². The maximum Gasteiger partial charge on any atom is 0.330 e. The van der Waals surface area contributed by atoms with E-state index in [4.69, 9.17) is 38.4 Å². The van der Waals surface area contributed by atoms with Gasteiger partial charge in [-0.05, 0) is 96.2 Å². The fraction of sp³-hybridized carbons (Fsp3) is 0.302. The molecule has 0 spiro atoms. The van der Waals surface area contributed by atoms with Crippen LogP contribution < -0.4 is 52.4 Å². The molecule has 0 saturated carbocycles. The highest BCUT2D eigenvalue weighted by molar-refractivity contribution is 6.32. The monoisotopic (exact) mass is 1130 g/mol. The normalized spacial score (nSPS) is 22.6. The SMILES string of the molecule is CN[C@H](CC(C)C)C(=O)N[C@H]1C(=O)N[C@@H](CC(N)=O)C(=O)N[C@H]2CN[C@H]3C(=O)N[C@H](C(=O)N[C@H](C(=O)O)c4cc(O)cc(O)c4-c4cc3ccc4O)[C@H](O)c3ccc(c(Cl)c3)Oc3cc2cc(c3O)Oc2ccc(cc2Cl)[C@H]1O. The van der Waals surface area contributed by atoms with Crippen molar-refractivity contribution in [2.24, 2.45) is 11.7 Å². The number of benzene rings is 5. The van der Waals surface area contributed by atoms with Gasteiger partial charge in [-0.1, -0.05) is 55.2 Å². The van der Waals surface area contributed by atoms with Crippen LogP contribution >= 0.6 is 23.2 Å². The minimum atomic E-state index is -2.11. The van der Waals surface area contributed by atoms with Gasteiger partial charge in [-0.15, -0.1) is 0 Å². The number of carbonyl (C=O) groups excluding carboxylic acids is 6. The molecule has 5 aliphatic heterocycles. The highest BCUT2D eigenvalue weighted by Gasteiger charge is 2.40. The number of nitrogens with two attached hydrogens (primary N) is 1. The molecule has 0 aliphatic carbocycles. The molecule has 416 valence electrons. The number of rotatable bonds is 8. The molecular formula is C53H54Cl2N8O16. The third kappa shape index (κ3) is 12.2. The van der Waals surface area contributed by atoms with Crippen molar-refractivity contribution in [1.82, 2.24) is 37.2 Å². The van der Waals surface area contributed by atoms with Gasteiger partial charge in [-0.2, -0.15) is 0 Å². The van der Waals surface area contributed by atoms with Gasteiger partial charge in [0, 0.05) is 29.3 Å². The van der Waals surface area contributed by atoms with Crippen molar-refractivity contribution in [3.63, 3.8) is 0 Å². The molecule has 11 bridgehead atoms. The van der Waals surface area contributed by atoms with Gasteiger partial charge in [0.2, 0.25) is 41.2 Å². The first-order valence-electron chi connectivity index (χ1n) is 24.4. The van der Waals surface area contributed by atoms with Crippen LogP contribution in [0.25, 0.3) is 11.1 Å². The maximum absolute atomic E-state index is 15.0. The molecule has 26 heteroatoms. The van der Waals surface area contributed by atoms with Crippen LogP contribution in [-0.2, 0) is 33.6 Å². The Kier molecular flexibility index (Phi) is 16.7. The first-order valence-corrected chi connectivity index (χ1v) is 25.2. The van der Waals surface area contributed by atoms with Crippen LogP contribution in [0.3, 0.4) is 0 Å². The molecule has 10 rings (SSSR count). The number of hydrogen-bond donors (Lipinski definition) is 15. The lowest BCUT2D eigenvalue weighted by atomic mass is 9.89. The Morgan fingerprint density at radius 3 is 1.91 bits per heavy atom. The van der Waals surface area contributed by atoms with E-state index in [1.807, 2.05) is 13.8 Å². The molecule has 5 heterocycles. The molecule has 0 fully saturated rings. The number of carboxylic acid groups (broad SMARTS) is 1. The van der Waals surface area contributed by atoms with E-state index >= 15 is 0 Å². The second kappa shape index (κ2) is 23.3. The predicted octanol–water partition coefficient (Wildman–Crippen LogP) is 2.87. The molecule has 5 aromatic carbocycles. The van der Waals surface area contributed by atoms with Crippen molar-refractivity contribution in [1.29, 1.82) is 0 Å². The van der Waals surface area contributed by atoms with E-state index in [1.165, 1.54) is 61.6 Å². The number of fused-ring (bicyclic) bond motifs is 15. The Labute approximate surface area is 459 Å². The van der Waals surface area contributed by atoms with Crippen LogP contribution in [0.15, 0.2) is 78.9 Å². The number of carbonyl (C=O) groups is 7. The first kappa shape index (κ1) is 56.8. The van der Waals surface area contributed by atoms with Crippen molar-refractivity contribution in [2.75, 3.05) is 13.6 Å². The Balaban J connectivity index is 1.34. The number of aromatic hydroxyl groups is 4. The zero-order valence-corrected chi connectivity index (χ0v) is 43.6. The minimum Gasteiger partial charge on any atom is -0.508 e. The van der Waals surface area contributed by atoms with Crippen LogP contribution in [0.5, 0.6) is 46.0 Å². The smallest absolute Gasteiger partial charge is 0.330 e. The number of carboxylic acids is 1. The maximum atomic E-state index is 15.0. The second-order valence-corrected chi connectivity index (χ2v) is 20.2. The molecular weight excluding hydrogens is 1080 g/mol. The topological polar surface area (TPSA) is 390 Å². The summed E-state index contributed by atoms with van der Waals surface area (Å²) in [6.45, 7) is 3.14. The lowest BCUT2D eigenvalue weighted by Crippen LogP contribution is -2.58. The lowest BCUT2D eigenvalue weighted by molar-refractivity contribution is -0.143. The van der Waals surface area contributed by atoms with Crippen molar-refractivity contribution in [2.45, 2.75) is 81.2 Å². The molecule has 79 heavy (non-hydrogen) atoms. The van der Waals surface area contributed by atoms with Crippen molar-refractivity contribution in [3.8, 4) is 57.1 Å². The zero-order chi connectivity index (χ0) is 57.3. The van der Waals surface area contributed by atoms with Crippen molar-refractivity contribution in [3.05, 3.63) is 117 Å². The summed E-state index contributed by atoms with van der Waals surface area (Å²) in [6, 6.07) is 3.34. The number of ether oxygens (including phenoxy) is 2. The molecule has 5 aromatic rings. The summed E-state index contributed by atoms with van der Waals surface area (Å²) in [7, 11) is 1.52. The third-order valence-corrected chi connectivity index (χ3v) is 14.0. The quantitative estimate of drug-likeness (QED) is 0.106. The van der Waals surface area contributed by atoms with Gasteiger partial charge >= 0.3 is 5.97 Å². The fourth-order valence-electron chi connectivity index (χ4n) is 9.43. The number of aliphatic hydroxyl groups excluding tert-OH is 2. The average Bonchev–Trinajstić information content (AvgIpc) is 3.43. The van der Waals surface area contributed by atoms with Crippen LogP contribution in [0.2, 0.25) is 10.0 Å². The van der Waals surface area contributed by atoms with Gasteiger partial charge in [0.25, 0.3) is 0 Å². The summed E-state index contributed by atoms with van der Waals surface area (Å²) in [6.07, 6.45) is -4.47. The number of amides is 6. The van der Waals surface area contributed by atoms with E-state index in [2.05, 4.69) is 37.2 Å². The lowest BCUT2D eigenvalue weighted by Gasteiger charge is -2.31.